The number of hydrogen-bond donors (Lipinski definition) is 0. The van der Waals surface area contributed by atoms with Gasteiger partial charge in [0.1, 0.15) is 6.33 Å². The van der Waals surface area contributed by atoms with Crippen LogP contribution in [0.4, 0.5) is 0 Å². The lowest BCUT2D eigenvalue weighted by Crippen LogP contribution is -2.22. The Morgan fingerprint density at radius 3 is 2.76 bits per heavy atom. The van der Waals surface area contributed by atoms with Crippen molar-refractivity contribution >= 4 is 11.6 Å². The fourth-order valence-electron chi connectivity index (χ4n) is 2.97. The van der Waals surface area contributed by atoms with Gasteiger partial charge in [-0.2, -0.15) is 10.1 Å². The van der Waals surface area contributed by atoms with Crippen LogP contribution in [0.1, 0.15) is 39.5 Å². The van der Waals surface area contributed by atoms with Crippen LogP contribution in [0.5, 0.6) is 0 Å². The molecule has 2 heterocycles. The van der Waals surface area contributed by atoms with E-state index in [1.165, 1.54) is 17.5 Å². The number of aryl methyl sites for hydroxylation is 1. The van der Waals surface area contributed by atoms with Crippen LogP contribution in [-0.4, -0.2) is 25.4 Å². The van der Waals surface area contributed by atoms with Gasteiger partial charge in [0.05, 0.1) is 11.3 Å². The number of carbonyl (C=O) groups excluding carboxylic acids is 1. The first-order valence-corrected chi connectivity index (χ1v) is 7.00. The van der Waals surface area contributed by atoms with Crippen molar-refractivity contribution in [3.63, 3.8) is 0 Å². The van der Waals surface area contributed by atoms with Gasteiger partial charge in [-0.05, 0) is 24.8 Å². The summed E-state index contributed by atoms with van der Waals surface area (Å²) in [5.74, 6) is 0.873. The second kappa shape index (κ2) is 4.48. The highest BCUT2D eigenvalue weighted by Gasteiger charge is 2.29. The van der Waals surface area contributed by atoms with Crippen molar-refractivity contribution in [3.8, 4) is 0 Å². The SMILES string of the molecule is Cc1ccc(C2CC(=O)c3cnc4ncnn4c3C2)cc1. The van der Waals surface area contributed by atoms with E-state index in [4.69, 9.17) is 0 Å². The molecule has 0 aliphatic heterocycles. The summed E-state index contributed by atoms with van der Waals surface area (Å²) in [5.41, 5.74) is 4.02. The number of carbonyl (C=O) groups is 1. The molecule has 5 heteroatoms. The summed E-state index contributed by atoms with van der Waals surface area (Å²) in [7, 11) is 0. The Labute approximate surface area is 121 Å². The Morgan fingerprint density at radius 2 is 1.95 bits per heavy atom. The molecule has 0 radical (unpaired) electrons. The van der Waals surface area contributed by atoms with Gasteiger partial charge >= 0.3 is 0 Å². The van der Waals surface area contributed by atoms with Gasteiger partial charge in [0, 0.05) is 12.6 Å². The van der Waals surface area contributed by atoms with E-state index in [1.54, 1.807) is 10.7 Å². The molecule has 0 saturated heterocycles. The first-order chi connectivity index (χ1) is 10.2. The van der Waals surface area contributed by atoms with Gasteiger partial charge in [-0.15, -0.1) is 0 Å². The molecule has 3 aromatic rings. The van der Waals surface area contributed by atoms with Crippen LogP contribution in [0.15, 0.2) is 36.8 Å². The first-order valence-electron chi connectivity index (χ1n) is 7.00. The van der Waals surface area contributed by atoms with Crippen LogP contribution in [0.3, 0.4) is 0 Å². The van der Waals surface area contributed by atoms with E-state index in [0.29, 0.717) is 17.8 Å². The number of ketones is 1. The molecule has 5 nitrogen and oxygen atoms in total. The zero-order valence-electron chi connectivity index (χ0n) is 11.7. The number of aromatic nitrogens is 4. The molecular weight excluding hydrogens is 264 g/mol. The Morgan fingerprint density at radius 1 is 1.14 bits per heavy atom. The van der Waals surface area contributed by atoms with E-state index in [0.717, 1.165) is 12.1 Å². The van der Waals surface area contributed by atoms with Crippen molar-refractivity contribution in [1.82, 2.24) is 19.6 Å². The maximum Gasteiger partial charge on any atom is 0.252 e. The molecule has 1 atom stereocenters. The van der Waals surface area contributed by atoms with Gasteiger partial charge < -0.3 is 0 Å². The molecule has 1 unspecified atom stereocenters. The van der Waals surface area contributed by atoms with E-state index in [1.807, 2.05) is 0 Å². The molecule has 4 rings (SSSR count). The van der Waals surface area contributed by atoms with Gasteiger partial charge in [0.2, 0.25) is 0 Å². The summed E-state index contributed by atoms with van der Waals surface area (Å²) in [6.45, 7) is 2.07. The van der Waals surface area contributed by atoms with Crippen LogP contribution < -0.4 is 0 Å². The topological polar surface area (TPSA) is 60.2 Å². The quantitative estimate of drug-likeness (QED) is 0.685. The van der Waals surface area contributed by atoms with E-state index < -0.39 is 0 Å². The van der Waals surface area contributed by atoms with Gasteiger partial charge in [-0.1, -0.05) is 29.8 Å². The van der Waals surface area contributed by atoms with Crippen molar-refractivity contribution in [3.05, 3.63) is 59.2 Å². The van der Waals surface area contributed by atoms with Crippen LogP contribution in [0.25, 0.3) is 5.78 Å². The van der Waals surface area contributed by atoms with E-state index >= 15 is 0 Å². The molecule has 0 amide bonds. The van der Waals surface area contributed by atoms with Crippen LogP contribution in [0, 0.1) is 6.92 Å². The molecule has 0 saturated carbocycles. The molecule has 2 aromatic heterocycles. The third kappa shape index (κ3) is 1.93. The number of hydrogen-bond acceptors (Lipinski definition) is 4. The van der Waals surface area contributed by atoms with Gasteiger partial charge in [0.25, 0.3) is 5.78 Å². The second-order valence-corrected chi connectivity index (χ2v) is 5.53. The molecule has 0 bridgehead atoms. The Balaban J connectivity index is 1.81. The predicted octanol–water partition coefficient (Wildman–Crippen LogP) is 2.35. The zero-order valence-corrected chi connectivity index (χ0v) is 11.7. The summed E-state index contributed by atoms with van der Waals surface area (Å²) in [6, 6.07) is 8.40. The molecular formula is C16H14N4O. The van der Waals surface area contributed by atoms with Gasteiger partial charge in [-0.25, -0.2) is 9.50 Å². The highest BCUT2D eigenvalue weighted by atomic mass is 16.1. The van der Waals surface area contributed by atoms with Crippen molar-refractivity contribution in [2.24, 2.45) is 0 Å². The molecule has 0 spiro atoms. The summed E-state index contributed by atoms with van der Waals surface area (Å²) in [6.07, 6.45) is 4.42. The number of Topliss-reactive ketones (excluding diaryl/α,β-unsaturated/α-hetero) is 1. The number of rotatable bonds is 1. The van der Waals surface area contributed by atoms with Crippen molar-refractivity contribution < 1.29 is 4.79 Å². The van der Waals surface area contributed by atoms with E-state index in [-0.39, 0.29) is 11.7 Å². The molecule has 0 N–H and O–H groups in total. The van der Waals surface area contributed by atoms with E-state index in [9.17, 15) is 4.79 Å². The minimum Gasteiger partial charge on any atom is -0.294 e. The minimum atomic E-state index is 0.131. The van der Waals surface area contributed by atoms with Crippen molar-refractivity contribution in [2.75, 3.05) is 0 Å². The Kier molecular flexibility index (Phi) is 2.60. The zero-order chi connectivity index (χ0) is 14.4. The largest absolute Gasteiger partial charge is 0.294 e. The summed E-state index contributed by atoms with van der Waals surface area (Å²) in [4.78, 5) is 20.7. The molecule has 104 valence electrons. The monoisotopic (exact) mass is 278 g/mol. The van der Waals surface area contributed by atoms with Crippen LogP contribution in [-0.2, 0) is 6.42 Å². The maximum absolute atomic E-state index is 12.4. The molecule has 1 aromatic carbocycles. The Hall–Kier alpha value is -2.56. The number of nitrogens with zero attached hydrogens (tertiary/aromatic N) is 4. The number of fused-ring (bicyclic) bond motifs is 3. The normalized spacial score (nSPS) is 18.0. The first kappa shape index (κ1) is 12.2. The maximum atomic E-state index is 12.4. The highest BCUT2D eigenvalue weighted by Crippen LogP contribution is 2.32. The Bertz CT molecular complexity index is 835. The fraction of sp³-hybridized carbons (Fsp3) is 0.250. The molecule has 1 aliphatic carbocycles. The van der Waals surface area contributed by atoms with Crippen molar-refractivity contribution in [2.45, 2.75) is 25.7 Å². The highest BCUT2D eigenvalue weighted by molar-refractivity contribution is 5.98. The van der Waals surface area contributed by atoms with Crippen molar-refractivity contribution in [1.29, 1.82) is 0 Å². The predicted molar refractivity (Wildman–Crippen MR) is 77.4 cm³/mol. The fourth-order valence-corrected chi connectivity index (χ4v) is 2.97. The smallest absolute Gasteiger partial charge is 0.252 e. The van der Waals surface area contributed by atoms with Gasteiger partial charge in [-0.3, -0.25) is 4.79 Å². The third-order valence-electron chi connectivity index (χ3n) is 4.13. The lowest BCUT2D eigenvalue weighted by molar-refractivity contribution is 0.0962. The summed E-state index contributed by atoms with van der Waals surface area (Å²) < 4.78 is 1.69. The molecule has 21 heavy (non-hydrogen) atoms. The molecule has 1 aliphatic rings. The summed E-state index contributed by atoms with van der Waals surface area (Å²) >= 11 is 0. The average Bonchev–Trinajstić information content (AvgIpc) is 2.96. The standard InChI is InChI=1S/C16H14N4O/c1-10-2-4-11(5-3-10)12-6-14-13(15(21)7-12)8-17-16-18-9-19-20(14)16/h2-5,8-9,12H,6-7H2,1H3. The van der Waals surface area contributed by atoms with E-state index in [2.05, 4.69) is 46.3 Å². The molecule has 0 fully saturated rings. The number of benzene rings is 1. The van der Waals surface area contributed by atoms with Crippen LogP contribution >= 0.6 is 0 Å². The lowest BCUT2D eigenvalue weighted by Gasteiger charge is -2.23. The average molecular weight is 278 g/mol. The second-order valence-electron chi connectivity index (χ2n) is 5.53. The van der Waals surface area contributed by atoms with Crippen LogP contribution in [0.2, 0.25) is 0 Å². The lowest BCUT2D eigenvalue weighted by atomic mass is 9.82. The summed E-state index contributed by atoms with van der Waals surface area (Å²) in [5, 5.41) is 4.20. The third-order valence-corrected chi connectivity index (χ3v) is 4.13. The minimum absolute atomic E-state index is 0.131. The van der Waals surface area contributed by atoms with Gasteiger partial charge in [0.15, 0.2) is 5.78 Å².